The third kappa shape index (κ3) is 5.35. The zero-order chi connectivity index (χ0) is 27.6. The molecule has 0 fully saturated rings. The fraction of sp³-hybridized carbons (Fsp3) is 0.0800. The van der Waals surface area contributed by atoms with Gasteiger partial charge in [-0.25, -0.2) is 9.07 Å². The second-order valence-electron chi connectivity index (χ2n) is 7.93. The van der Waals surface area contributed by atoms with Gasteiger partial charge in [0.05, 0.1) is 27.9 Å². The summed E-state index contributed by atoms with van der Waals surface area (Å²) in [5, 5.41) is 36.2. The number of nitrogens with one attached hydrogen (secondary N) is 1. The number of anilines is 1. The van der Waals surface area contributed by atoms with Crippen LogP contribution < -0.4 is 5.32 Å². The largest absolute Gasteiger partial charge is 0.435 e. The van der Waals surface area contributed by atoms with Crippen LogP contribution in [-0.2, 0) is 6.18 Å². The highest BCUT2D eigenvalue weighted by molar-refractivity contribution is 6.03. The van der Waals surface area contributed by atoms with Crippen molar-refractivity contribution in [3.8, 4) is 11.8 Å². The van der Waals surface area contributed by atoms with E-state index in [0.717, 1.165) is 12.1 Å². The number of benzene rings is 3. The van der Waals surface area contributed by atoms with Gasteiger partial charge in [0.15, 0.2) is 5.69 Å². The van der Waals surface area contributed by atoms with Gasteiger partial charge in [0.2, 0.25) is 0 Å². The summed E-state index contributed by atoms with van der Waals surface area (Å²) in [6, 6.07) is 15.9. The van der Waals surface area contributed by atoms with Crippen LogP contribution in [0.5, 0.6) is 0 Å². The number of aliphatic hydroxyl groups excluding tert-OH is 1. The molecule has 0 bridgehead atoms. The predicted molar refractivity (Wildman–Crippen MR) is 125 cm³/mol. The van der Waals surface area contributed by atoms with E-state index in [1.807, 2.05) is 6.07 Å². The van der Waals surface area contributed by atoms with Crippen LogP contribution >= 0.6 is 0 Å². The fourth-order valence-electron chi connectivity index (χ4n) is 3.55. The van der Waals surface area contributed by atoms with Crippen LogP contribution in [0.25, 0.3) is 5.69 Å². The Morgan fingerprint density at radius 1 is 1.08 bits per heavy atom. The van der Waals surface area contributed by atoms with Crippen molar-refractivity contribution in [3.05, 3.63) is 117 Å². The lowest BCUT2D eigenvalue weighted by molar-refractivity contribution is -0.384. The van der Waals surface area contributed by atoms with Gasteiger partial charge < -0.3 is 10.4 Å². The third-order valence-electron chi connectivity index (χ3n) is 5.43. The van der Waals surface area contributed by atoms with Crippen LogP contribution in [0.15, 0.2) is 72.8 Å². The number of carbonyl (C=O) groups excluding carboxylic acids is 1. The zero-order valence-corrected chi connectivity index (χ0v) is 19.0. The monoisotopic (exact) mass is 525 g/mol. The predicted octanol–water partition coefficient (Wildman–Crippen LogP) is 5.14. The highest BCUT2D eigenvalue weighted by Gasteiger charge is 2.36. The minimum absolute atomic E-state index is 0.00693. The molecular weight excluding hydrogens is 510 g/mol. The number of nitrogens with zero attached hydrogens (tertiary/aromatic N) is 4. The lowest BCUT2D eigenvalue weighted by Crippen LogP contribution is -2.18. The Kier molecular flexibility index (Phi) is 6.91. The van der Waals surface area contributed by atoms with Crippen LogP contribution in [0.1, 0.15) is 39.0 Å². The van der Waals surface area contributed by atoms with Crippen LogP contribution in [0.3, 0.4) is 0 Å². The van der Waals surface area contributed by atoms with E-state index in [0.29, 0.717) is 10.7 Å². The Morgan fingerprint density at radius 3 is 2.39 bits per heavy atom. The molecule has 0 saturated heterocycles. The molecule has 38 heavy (non-hydrogen) atoms. The minimum atomic E-state index is -4.90. The molecule has 0 radical (unpaired) electrons. The molecule has 4 aromatic rings. The van der Waals surface area contributed by atoms with Gasteiger partial charge >= 0.3 is 6.18 Å². The maximum absolute atomic E-state index is 14.6. The topological polar surface area (TPSA) is 134 Å². The number of amides is 1. The second-order valence-corrected chi connectivity index (χ2v) is 7.93. The summed E-state index contributed by atoms with van der Waals surface area (Å²) >= 11 is 0. The lowest BCUT2D eigenvalue weighted by Gasteiger charge is -2.14. The average molecular weight is 525 g/mol. The van der Waals surface area contributed by atoms with Gasteiger partial charge in [-0.15, -0.1) is 0 Å². The zero-order valence-electron chi connectivity index (χ0n) is 19.0. The van der Waals surface area contributed by atoms with Crippen LogP contribution in [0.4, 0.5) is 28.9 Å². The Morgan fingerprint density at radius 2 is 1.76 bits per heavy atom. The first-order valence-corrected chi connectivity index (χ1v) is 10.7. The molecule has 1 aromatic heterocycles. The first kappa shape index (κ1) is 26.0. The van der Waals surface area contributed by atoms with Gasteiger partial charge in [0.25, 0.3) is 11.6 Å². The minimum Gasteiger partial charge on any atom is -0.384 e. The highest BCUT2D eigenvalue weighted by atomic mass is 19.4. The first-order chi connectivity index (χ1) is 18.0. The molecule has 0 aliphatic rings. The van der Waals surface area contributed by atoms with Crippen molar-refractivity contribution in [2.24, 2.45) is 0 Å². The molecule has 9 nitrogen and oxygen atoms in total. The van der Waals surface area contributed by atoms with Crippen molar-refractivity contribution in [2.45, 2.75) is 12.3 Å². The van der Waals surface area contributed by atoms with E-state index in [1.165, 1.54) is 54.6 Å². The lowest BCUT2D eigenvalue weighted by atomic mass is 10.0. The summed E-state index contributed by atoms with van der Waals surface area (Å²) in [4.78, 5) is 23.2. The summed E-state index contributed by atoms with van der Waals surface area (Å²) in [5.41, 5.74) is -2.18. The van der Waals surface area contributed by atoms with Gasteiger partial charge in [-0.1, -0.05) is 12.1 Å². The Balaban J connectivity index is 1.68. The number of carbonyl (C=O) groups is 1. The molecule has 0 spiro atoms. The van der Waals surface area contributed by atoms with Gasteiger partial charge in [-0.3, -0.25) is 14.9 Å². The van der Waals surface area contributed by atoms with Gasteiger partial charge in [-0.05, 0) is 53.6 Å². The molecule has 0 aliphatic heterocycles. The number of nitro benzene ring substituents is 1. The van der Waals surface area contributed by atoms with Gasteiger partial charge in [0.1, 0.15) is 17.6 Å². The fourth-order valence-corrected chi connectivity index (χ4v) is 3.55. The standard InChI is InChI=1S/C25H15F4N5O4/c26-19-9-6-16(23(35)15-4-7-17(8-5-15)34(37)38)11-20(19)31-24(36)21-12-22(25(27,28)29)32-33(21)18-3-1-2-14(10-18)13-30/h1-12,23,35H,(H,31,36). The number of nitriles is 1. The van der Waals surface area contributed by atoms with E-state index in [9.17, 15) is 37.6 Å². The molecule has 192 valence electrons. The summed E-state index contributed by atoms with van der Waals surface area (Å²) in [6.07, 6.45) is -6.25. The average Bonchev–Trinajstić information content (AvgIpc) is 3.36. The van der Waals surface area contributed by atoms with Crippen LogP contribution in [0, 0.1) is 27.3 Å². The molecule has 1 amide bonds. The van der Waals surface area contributed by atoms with E-state index in [2.05, 4.69) is 10.4 Å². The molecule has 1 unspecified atom stereocenters. The number of halogens is 4. The first-order valence-electron chi connectivity index (χ1n) is 10.7. The van der Waals surface area contributed by atoms with E-state index in [4.69, 9.17) is 5.26 Å². The van der Waals surface area contributed by atoms with Crippen molar-refractivity contribution in [1.82, 2.24) is 9.78 Å². The number of alkyl halides is 3. The number of hydrogen-bond donors (Lipinski definition) is 2. The molecule has 4 rings (SSSR count). The number of rotatable bonds is 6. The van der Waals surface area contributed by atoms with Gasteiger partial charge in [-0.2, -0.15) is 23.5 Å². The molecule has 1 heterocycles. The van der Waals surface area contributed by atoms with Crippen LogP contribution in [-0.4, -0.2) is 25.7 Å². The number of aromatic nitrogens is 2. The quantitative estimate of drug-likeness (QED) is 0.203. The van der Waals surface area contributed by atoms with Crippen molar-refractivity contribution >= 4 is 17.3 Å². The molecule has 0 saturated carbocycles. The van der Waals surface area contributed by atoms with Crippen molar-refractivity contribution in [1.29, 1.82) is 5.26 Å². The molecular formula is C25H15F4N5O4. The Bertz CT molecular complexity index is 1580. The molecule has 0 aliphatic carbocycles. The molecule has 1 atom stereocenters. The maximum Gasteiger partial charge on any atom is 0.435 e. The second kappa shape index (κ2) is 10.1. The molecule has 2 N–H and O–H groups in total. The highest BCUT2D eigenvalue weighted by Crippen LogP contribution is 2.31. The Labute approximate surface area is 211 Å². The third-order valence-corrected chi connectivity index (χ3v) is 5.43. The maximum atomic E-state index is 14.6. The summed E-state index contributed by atoms with van der Waals surface area (Å²) < 4.78 is 55.4. The normalized spacial score (nSPS) is 12.0. The van der Waals surface area contributed by atoms with Crippen LogP contribution in [0.2, 0.25) is 0 Å². The number of hydrogen-bond acceptors (Lipinski definition) is 6. The number of non-ortho nitro benzene ring substituents is 1. The van der Waals surface area contributed by atoms with Crippen molar-refractivity contribution in [2.75, 3.05) is 5.32 Å². The van der Waals surface area contributed by atoms with E-state index in [-0.39, 0.29) is 28.1 Å². The molecule has 13 heteroatoms. The van der Waals surface area contributed by atoms with E-state index >= 15 is 0 Å². The van der Waals surface area contributed by atoms with E-state index < -0.39 is 46.0 Å². The molecule has 3 aromatic carbocycles. The number of nitro groups is 1. The van der Waals surface area contributed by atoms with Gasteiger partial charge in [0, 0.05) is 18.2 Å². The Hall–Kier alpha value is -5.09. The van der Waals surface area contributed by atoms with E-state index in [1.54, 1.807) is 0 Å². The SMILES string of the molecule is N#Cc1cccc(-n2nc(C(F)(F)F)cc2C(=O)Nc2cc(C(O)c3ccc([N+](=O)[O-])cc3)ccc2F)c1. The summed E-state index contributed by atoms with van der Waals surface area (Å²) in [6.45, 7) is 0. The number of aliphatic hydroxyl groups is 1. The summed E-state index contributed by atoms with van der Waals surface area (Å²) in [5.74, 6) is -2.08. The van der Waals surface area contributed by atoms with Crippen molar-refractivity contribution < 1.29 is 32.4 Å². The van der Waals surface area contributed by atoms with Crippen molar-refractivity contribution in [3.63, 3.8) is 0 Å². The smallest absolute Gasteiger partial charge is 0.384 e. The summed E-state index contributed by atoms with van der Waals surface area (Å²) in [7, 11) is 0.